The Morgan fingerprint density at radius 1 is 1.50 bits per heavy atom. The van der Waals surface area contributed by atoms with Crippen molar-refractivity contribution in [2.75, 3.05) is 6.54 Å². The molecule has 0 saturated heterocycles. The van der Waals surface area contributed by atoms with E-state index in [1.165, 1.54) is 6.07 Å². The molecule has 0 fully saturated rings. The average molecular weight is 218 g/mol. The summed E-state index contributed by atoms with van der Waals surface area (Å²) in [6.45, 7) is 3.43. The Labute approximate surface area is 83.3 Å². The van der Waals surface area contributed by atoms with Crippen LogP contribution in [0.1, 0.15) is 19.1 Å². The summed E-state index contributed by atoms with van der Waals surface area (Å²) in [6, 6.07) is 2.96. The zero-order valence-corrected chi connectivity index (χ0v) is 8.80. The summed E-state index contributed by atoms with van der Waals surface area (Å²) in [5.41, 5.74) is 0. The van der Waals surface area contributed by atoms with Crippen LogP contribution in [0.3, 0.4) is 0 Å². The van der Waals surface area contributed by atoms with E-state index in [1.807, 2.05) is 6.92 Å². The van der Waals surface area contributed by atoms with Gasteiger partial charge < -0.3 is 9.73 Å². The molecule has 0 bridgehead atoms. The van der Waals surface area contributed by atoms with E-state index in [0.717, 1.165) is 13.0 Å². The van der Waals surface area contributed by atoms with Gasteiger partial charge in [-0.05, 0) is 25.1 Å². The van der Waals surface area contributed by atoms with Crippen molar-refractivity contribution in [3.05, 3.63) is 17.9 Å². The number of nitrogens with two attached hydrogens (primary N) is 1. The molecule has 0 spiro atoms. The van der Waals surface area contributed by atoms with Gasteiger partial charge in [-0.25, -0.2) is 13.6 Å². The molecule has 14 heavy (non-hydrogen) atoms. The Morgan fingerprint density at radius 2 is 2.21 bits per heavy atom. The van der Waals surface area contributed by atoms with E-state index >= 15 is 0 Å². The van der Waals surface area contributed by atoms with Crippen molar-refractivity contribution in [1.82, 2.24) is 5.32 Å². The lowest BCUT2D eigenvalue weighted by Crippen LogP contribution is -2.13. The van der Waals surface area contributed by atoms with E-state index in [0.29, 0.717) is 12.3 Å². The van der Waals surface area contributed by atoms with E-state index in [1.54, 1.807) is 6.07 Å². The Bertz CT molecular complexity index is 383. The maximum absolute atomic E-state index is 10.8. The van der Waals surface area contributed by atoms with Crippen molar-refractivity contribution >= 4 is 10.0 Å². The largest absolute Gasteiger partial charge is 0.447 e. The summed E-state index contributed by atoms with van der Waals surface area (Å²) in [5.74, 6) is 0.572. The van der Waals surface area contributed by atoms with Gasteiger partial charge in [0.15, 0.2) is 0 Å². The highest BCUT2D eigenvalue weighted by molar-refractivity contribution is 7.89. The summed E-state index contributed by atoms with van der Waals surface area (Å²) in [4.78, 5) is 0. The van der Waals surface area contributed by atoms with Gasteiger partial charge in [0.05, 0.1) is 6.54 Å². The van der Waals surface area contributed by atoms with Crippen molar-refractivity contribution in [1.29, 1.82) is 0 Å². The molecule has 5 nitrogen and oxygen atoms in total. The van der Waals surface area contributed by atoms with E-state index in [4.69, 9.17) is 9.56 Å². The first-order valence-corrected chi connectivity index (χ1v) is 5.91. The molecule has 0 aliphatic carbocycles. The third kappa shape index (κ3) is 3.13. The zero-order valence-electron chi connectivity index (χ0n) is 7.99. The van der Waals surface area contributed by atoms with Crippen molar-refractivity contribution in [2.24, 2.45) is 5.14 Å². The summed E-state index contributed by atoms with van der Waals surface area (Å²) in [5, 5.41) is 7.78. The number of hydrogen-bond acceptors (Lipinski definition) is 4. The monoisotopic (exact) mass is 218 g/mol. The molecule has 0 atom stereocenters. The topological polar surface area (TPSA) is 85.3 Å². The molecule has 0 unspecified atom stereocenters. The molecular formula is C8H14N2O3S. The Kier molecular flexibility index (Phi) is 3.68. The van der Waals surface area contributed by atoms with Gasteiger partial charge in [-0.2, -0.15) is 0 Å². The lowest BCUT2D eigenvalue weighted by molar-refractivity contribution is 0.402. The molecule has 1 aromatic heterocycles. The molecule has 6 heteroatoms. The van der Waals surface area contributed by atoms with Crippen LogP contribution in [0.15, 0.2) is 21.6 Å². The molecule has 1 aromatic rings. The Hall–Kier alpha value is -0.850. The van der Waals surface area contributed by atoms with Crippen LogP contribution in [-0.4, -0.2) is 15.0 Å². The highest BCUT2D eigenvalue weighted by Gasteiger charge is 2.12. The number of sulfonamides is 1. The van der Waals surface area contributed by atoms with Crippen LogP contribution in [0.2, 0.25) is 0 Å². The molecule has 0 radical (unpaired) electrons. The van der Waals surface area contributed by atoms with E-state index in [9.17, 15) is 8.42 Å². The normalized spacial score (nSPS) is 11.9. The molecule has 0 aliphatic heterocycles. The second-order valence-electron chi connectivity index (χ2n) is 2.94. The molecular weight excluding hydrogens is 204 g/mol. The quantitative estimate of drug-likeness (QED) is 0.702. The second-order valence-corrected chi connectivity index (χ2v) is 4.43. The lowest BCUT2D eigenvalue weighted by atomic mass is 10.4. The van der Waals surface area contributed by atoms with Gasteiger partial charge in [-0.1, -0.05) is 6.92 Å². The number of hydrogen-bond donors (Lipinski definition) is 2. The third-order valence-electron chi connectivity index (χ3n) is 1.64. The van der Waals surface area contributed by atoms with Crippen molar-refractivity contribution in [2.45, 2.75) is 25.0 Å². The molecule has 3 N–H and O–H groups in total. The van der Waals surface area contributed by atoms with Gasteiger partial charge in [-0.15, -0.1) is 0 Å². The van der Waals surface area contributed by atoms with Crippen LogP contribution < -0.4 is 10.5 Å². The summed E-state index contributed by atoms with van der Waals surface area (Å²) in [7, 11) is -3.71. The van der Waals surface area contributed by atoms with E-state index < -0.39 is 10.0 Å². The fraction of sp³-hybridized carbons (Fsp3) is 0.500. The van der Waals surface area contributed by atoms with Crippen molar-refractivity contribution < 1.29 is 12.8 Å². The predicted octanol–water partition coefficient (Wildman–Crippen LogP) is 0.427. The molecule has 0 aliphatic rings. The Morgan fingerprint density at radius 3 is 2.71 bits per heavy atom. The minimum atomic E-state index is -3.71. The third-order valence-corrected chi connectivity index (χ3v) is 2.42. The highest BCUT2D eigenvalue weighted by atomic mass is 32.2. The van der Waals surface area contributed by atoms with Crippen LogP contribution in [0, 0.1) is 0 Å². The number of rotatable bonds is 5. The maximum Gasteiger partial charge on any atom is 0.271 e. The molecule has 0 amide bonds. The van der Waals surface area contributed by atoms with E-state index in [-0.39, 0.29) is 5.09 Å². The molecule has 0 aromatic carbocycles. The van der Waals surface area contributed by atoms with Gasteiger partial charge in [-0.3, -0.25) is 0 Å². The first-order valence-electron chi connectivity index (χ1n) is 4.36. The van der Waals surface area contributed by atoms with Gasteiger partial charge >= 0.3 is 0 Å². The van der Waals surface area contributed by atoms with Gasteiger partial charge in [0.25, 0.3) is 10.0 Å². The predicted molar refractivity (Wildman–Crippen MR) is 52.1 cm³/mol. The number of primary sulfonamides is 1. The summed E-state index contributed by atoms with van der Waals surface area (Å²) in [6.07, 6.45) is 1.02. The smallest absolute Gasteiger partial charge is 0.271 e. The zero-order chi connectivity index (χ0) is 10.6. The fourth-order valence-electron chi connectivity index (χ4n) is 0.995. The van der Waals surface area contributed by atoms with Crippen molar-refractivity contribution in [3.8, 4) is 0 Å². The number of furan rings is 1. The van der Waals surface area contributed by atoms with Gasteiger partial charge in [0.1, 0.15) is 5.76 Å². The summed E-state index contributed by atoms with van der Waals surface area (Å²) >= 11 is 0. The van der Waals surface area contributed by atoms with Crippen LogP contribution >= 0.6 is 0 Å². The van der Waals surface area contributed by atoms with Crippen LogP contribution in [-0.2, 0) is 16.6 Å². The molecule has 0 saturated carbocycles. The minimum Gasteiger partial charge on any atom is -0.447 e. The highest BCUT2D eigenvalue weighted by Crippen LogP contribution is 2.11. The summed E-state index contributed by atoms with van der Waals surface area (Å²) < 4.78 is 26.7. The first kappa shape index (κ1) is 11.2. The molecule has 1 heterocycles. The van der Waals surface area contributed by atoms with Gasteiger partial charge in [0, 0.05) is 0 Å². The fourth-order valence-corrected chi connectivity index (χ4v) is 1.48. The lowest BCUT2D eigenvalue weighted by Gasteiger charge is -1.98. The van der Waals surface area contributed by atoms with Crippen LogP contribution in [0.25, 0.3) is 0 Å². The number of nitrogens with one attached hydrogen (secondary N) is 1. The van der Waals surface area contributed by atoms with Crippen LogP contribution in [0.5, 0.6) is 0 Å². The molecule has 1 rings (SSSR count). The average Bonchev–Trinajstić information content (AvgIpc) is 2.52. The SMILES string of the molecule is CCCNCc1ccc(S(N)(=O)=O)o1. The Balaban J connectivity index is 2.60. The first-order chi connectivity index (χ1) is 6.54. The minimum absolute atomic E-state index is 0.189. The van der Waals surface area contributed by atoms with Gasteiger partial charge in [0.2, 0.25) is 5.09 Å². The van der Waals surface area contributed by atoms with Crippen LogP contribution in [0.4, 0.5) is 0 Å². The standard InChI is InChI=1S/C8H14N2O3S/c1-2-5-10-6-7-3-4-8(13-7)14(9,11)12/h3-4,10H,2,5-6H2,1H3,(H2,9,11,12). The van der Waals surface area contributed by atoms with E-state index in [2.05, 4.69) is 5.32 Å². The maximum atomic E-state index is 10.8. The molecule has 80 valence electrons. The van der Waals surface area contributed by atoms with Crippen molar-refractivity contribution in [3.63, 3.8) is 0 Å². The second kappa shape index (κ2) is 4.59.